The molecule has 0 saturated carbocycles. The maximum atomic E-state index is 11.9. The number of carboxylic acid groups (broad SMARTS) is 1. The molecule has 0 aromatic heterocycles. The lowest BCUT2D eigenvalue weighted by atomic mass is 10.1. The maximum absolute atomic E-state index is 11.9. The lowest BCUT2D eigenvalue weighted by molar-refractivity contribution is -0.140. The first-order valence-electron chi connectivity index (χ1n) is 5.94. The van der Waals surface area contributed by atoms with E-state index in [9.17, 15) is 9.59 Å². The summed E-state index contributed by atoms with van der Waals surface area (Å²) < 4.78 is 5.61. The van der Waals surface area contributed by atoms with E-state index < -0.39 is 18.1 Å². The minimum Gasteiger partial charge on any atom is -0.481 e. The van der Waals surface area contributed by atoms with E-state index in [0.29, 0.717) is 0 Å². The number of rotatable bonds is 6. The van der Waals surface area contributed by atoms with Crippen molar-refractivity contribution in [1.29, 1.82) is 0 Å². The Morgan fingerprint density at radius 3 is 2.28 bits per heavy atom. The van der Waals surface area contributed by atoms with Gasteiger partial charge in [-0.3, -0.25) is 9.59 Å². The van der Waals surface area contributed by atoms with Crippen LogP contribution < -0.4 is 5.73 Å². The van der Waals surface area contributed by atoms with E-state index >= 15 is 0 Å². The van der Waals surface area contributed by atoms with Crippen molar-refractivity contribution < 1.29 is 19.4 Å². The van der Waals surface area contributed by atoms with Crippen LogP contribution >= 0.6 is 0 Å². The summed E-state index contributed by atoms with van der Waals surface area (Å²) in [7, 11) is 1.54. The summed E-state index contributed by atoms with van der Waals surface area (Å²) >= 11 is 0. The number of nitrogens with two attached hydrogens (primary N) is 1. The van der Waals surface area contributed by atoms with Crippen molar-refractivity contribution in [3.8, 4) is 0 Å². The second kappa shape index (κ2) is 6.70. The number of ether oxygens (including phenoxy) is 1. The van der Waals surface area contributed by atoms with Gasteiger partial charge in [0.1, 0.15) is 6.04 Å². The van der Waals surface area contributed by atoms with Gasteiger partial charge in [0, 0.05) is 13.6 Å². The molecule has 106 valence electrons. The molecule has 0 saturated heterocycles. The van der Waals surface area contributed by atoms with Gasteiger partial charge in [0.25, 0.3) is 0 Å². The summed E-state index contributed by atoms with van der Waals surface area (Å²) in [5.74, 6) is -1.25. The van der Waals surface area contributed by atoms with Crippen LogP contribution in [0.2, 0.25) is 0 Å². The van der Waals surface area contributed by atoms with Crippen LogP contribution in [0.5, 0.6) is 0 Å². The molecule has 0 aliphatic carbocycles. The lowest BCUT2D eigenvalue weighted by Crippen LogP contribution is -2.50. The molecule has 0 spiro atoms. The van der Waals surface area contributed by atoms with Crippen LogP contribution in [0.1, 0.15) is 34.1 Å². The van der Waals surface area contributed by atoms with Gasteiger partial charge in [0.15, 0.2) is 0 Å². The third-order valence-electron chi connectivity index (χ3n) is 2.37. The van der Waals surface area contributed by atoms with Crippen molar-refractivity contribution in [3.05, 3.63) is 0 Å². The zero-order valence-corrected chi connectivity index (χ0v) is 11.8. The van der Waals surface area contributed by atoms with Crippen molar-refractivity contribution in [3.63, 3.8) is 0 Å². The van der Waals surface area contributed by atoms with Gasteiger partial charge in [-0.15, -0.1) is 0 Å². The smallest absolute Gasteiger partial charge is 0.305 e. The van der Waals surface area contributed by atoms with E-state index in [1.165, 1.54) is 11.9 Å². The van der Waals surface area contributed by atoms with Crippen LogP contribution in [-0.4, -0.2) is 53.2 Å². The fourth-order valence-corrected chi connectivity index (χ4v) is 1.46. The number of hydrogen-bond donors (Lipinski definition) is 2. The van der Waals surface area contributed by atoms with Crippen molar-refractivity contribution in [1.82, 2.24) is 4.90 Å². The minimum atomic E-state index is -0.942. The second-order valence-corrected chi connectivity index (χ2v) is 5.36. The van der Waals surface area contributed by atoms with E-state index in [1.54, 1.807) is 6.92 Å². The fourth-order valence-electron chi connectivity index (χ4n) is 1.46. The van der Waals surface area contributed by atoms with Crippen LogP contribution in [-0.2, 0) is 14.3 Å². The Morgan fingerprint density at radius 2 is 1.89 bits per heavy atom. The lowest BCUT2D eigenvalue weighted by Gasteiger charge is -2.30. The van der Waals surface area contributed by atoms with Crippen LogP contribution in [0.15, 0.2) is 0 Å². The largest absolute Gasteiger partial charge is 0.481 e. The molecule has 0 aliphatic heterocycles. The predicted molar refractivity (Wildman–Crippen MR) is 68.2 cm³/mol. The van der Waals surface area contributed by atoms with Crippen molar-refractivity contribution in [2.45, 2.75) is 51.9 Å². The van der Waals surface area contributed by atoms with Gasteiger partial charge in [0.2, 0.25) is 5.91 Å². The Labute approximate surface area is 108 Å². The maximum Gasteiger partial charge on any atom is 0.305 e. The zero-order valence-electron chi connectivity index (χ0n) is 11.8. The summed E-state index contributed by atoms with van der Waals surface area (Å²) in [6.45, 7) is 7.53. The summed E-state index contributed by atoms with van der Waals surface area (Å²) in [5, 5.41) is 8.55. The monoisotopic (exact) mass is 260 g/mol. The summed E-state index contributed by atoms with van der Waals surface area (Å²) in [4.78, 5) is 23.7. The molecule has 6 nitrogen and oxygen atoms in total. The summed E-state index contributed by atoms with van der Waals surface area (Å²) in [6, 6.07) is -0.789. The number of nitrogens with zero attached hydrogens (tertiary/aromatic N) is 1. The van der Waals surface area contributed by atoms with Crippen LogP contribution in [0.3, 0.4) is 0 Å². The molecule has 0 aromatic carbocycles. The number of hydrogen-bond acceptors (Lipinski definition) is 4. The molecule has 18 heavy (non-hydrogen) atoms. The molecule has 0 rings (SSSR count). The molecule has 3 N–H and O–H groups in total. The van der Waals surface area contributed by atoms with Crippen LogP contribution in [0.25, 0.3) is 0 Å². The first-order valence-corrected chi connectivity index (χ1v) is 5.94. The van der Waals surface area contributed by atoms with E-state index in [1.807, 2.05) is 20.8 Å². The second-order valence-electron chi connectivity index (χ2n) is 5.36. The molecule has 0 bridgehead atoms. The van der Waals surface area contributed by atoms with Crippen molar-refractivity contribution in [2.75, 3.05) is 13.6 Å². The quantitative estimate of drug-likeness (QED) is 0.723. The molecule has 0 heterocycles. The highest BCUT2D eigenvalue weighted by atomic mass is 16.5. The molecule has 0 aromatic rings. The van der Waals surface area contributed by atoms with E-state index in [4.69, 9.17) is 15.6 Å². The third kappa shape index (κ3) is 6.56. The molecular formula is C12H24N2O4. The van der Waals surface area contributed by atoms with E-state index in [-0.39, 0.29) is 24.5 Å². The van der Waals surface area contributed by atoms with Gasteiger partial charge in [-0.25, -0.2) is 0 Å². The average Bonchev–Trinajstić information content (AvgIpc) is 2.21. The van der Waals surface area contributed by atoms with Gasteiger partial charge in [0.05, 0.1) is 18.1 Å². The number of carbonyl (C=O) groups excluding carboxylic acids is 1. The third-order valence-corrected chi connectivity index (χ3v) is 2.37. The Kier molecular flexibility index (Phi) is 6.28. The van der Waals surface area contributed by atoms with Gasteiger partial charge < -0.3 is 20.5 Å². The van der Waals surface area contributed by atoms with Gasteiger partial charge in [-0.05, 0) is 27.7 Å². The average molecular weight is 260 g/mol. The molecule has 2 atom stereocenters. The van der Waals surface area contributed by atoms with Gasteiger partial charge >= 0.3 is 5.97 Å². The molecule has 0 fully saturated rings. The predicted octanol–water partition coefficient (Wildman–Crippen LogP) is 0.450. The molecule has 0 unspecified atom stereocenters. The Hall–Kier alpha value is -1.14. The SMILES string of the molecule is C[C@@H](OC(C)(C)C)[C@H](N)C(=O)N(C)CCC(=O)O. The summed E-state index contributed by atoms with van der Waals surface area (Å²) in [6.07, 6.45) is -0.520. The van der Waals surface area contributed by atoms with Gasteiger partial charge in [-0.1, -0.05) is 0 Å². The first kappa shape index (κ1) is 16.9. The topological polar surface area (TPSA) is 92.9 Å². The first-order chi connectivity index (χ1) is 8.04. The number of amides is 1. The molecule has 0 radical (unpaired) electrons. The van der Waals surface area contributed by atoms with Crippen LogP contribution in [0, 0.1) is 0 Å². The van der Waals surface area contributed by atoms with E-state index in [0.717, 1.165) is 0 Å². The molecular weight excluding hydrogens is 236 g/mol. The Morgan fingerprint density at radius 1 is 1.39 bits per heavy atom. The highest BCUT2D eigenvalue weighted by Crippen LogP contribution is 2.13. The van der Waals surface area contributed by atoms with Crippen molar-refractivity contribution >= 4 is 11.9 Å². The highest BCUT2D eigenvalue weighted by Gasteiger charge is 2.27. The van der Waals surface area contributed by atoms with Crippen molar-refractivity contribution in [2.24, 2.45) is 5.73 Å². The standard InChI is InChI=1S/C12H24N2O4/c1-8(18-12(2,3)4)10(13)11(17)14(5)7-6-9(15)16/h8,10H,6-7,13H2,1-5H3,(H,15,16)/t8-,10+/m1/s1. The van der Waals surface area contributed by atoms with E-state index in [2.05, 4.69) is 0 Å². The molecule has 6 heteroatoms. The number of carbonyl (C=O) groups is 2. The van der Waals surface area contributed by atoms with Crippen LogP contribution in [0.4, 0.5) is 0 Å². The normalized spacial score (nSPS) is 15.0. The van der Waals surface area contributed by atoms with Gasteiger partial charge in [-0.2, -0.15) is 0 Å². The molecule has 1 amide bonds. The number of likely N-dealkylation sites (N-methyl/N-ethyl adjacent to an activating group) is 1. The summed E-state index contributed by atoms with van der Waals surface area (Å²) in [5.41, 5.74) is 5.43. The zero-order chi connectivity index (χ0) is 14.5. The Bertz CT molecular complexity index is 299. The Balaban J connectivity index is 4.35. The minimum absolute atomic E-state index is 0.0938. The number of aliphatic carboxylic acids is 1. The molecule has 0 aliphatic rings. The fraction of sp³-hybridized carbons (Fsp3) is 0.833. The number of carboxylic acids is 1. The highest BCUT2D eigenvalue weighted by molar-refractivity contribution is 5.82.